The third-order valence-corrected chi connectivity index (χ3v) is 4.56. The first kappa shape index (κ1) is 15.3. The maximum absolute atomic E-state index is 3.44. The van der Waals surface area contributed by atoms with Crippen LogP contribution in [0.2, 0.25) is 0 Å². The molecule has 20 heavy (non-hydrogen) atoms. The summed E-state index contributed by atoms with van der Waals surface area (Å²) in [6.45, 7) is 5.89. The molecule has 1 aromatic carbocycles. The lowest BCUT2D eigenvalue weighted by Crippen LogP contribution is -2.35. The van der Waals surface area contributed by atoms with Gasteiger partial charge in [0.15, 0.2) is 0 Å². The van der Waals surface area contributed by atoms with Crippen molar-refractivity contribution >= 4 is 5.69 Å². The van der Waals surface area contributed by atoms with Crippen molar-refractivity contribution in [1.82, 2.24) is 10.2 Å². The summed E-state index contributed by atoms with van der Waals surface area (Å²) >= 11 is 0. The summed E-state index contributed by atoms with van der Waals surface area (Å²) in [5.41, 5.74) is 2.67. The van der Waals surface area contributed by atoms with Crippen LogP contribution in [0.5, 0.6) is 0 Å². The lowest BCUT2D eigenvalue weighted by atomic mass is 9.96. The molecule has 1 aliphatic heterocycles. The second kappa shape index (κ2) is 7.09. The van der Waals surface area contributed by atoms with Crippen LogP contribution in [0.15, 0.2) is 24.3 Å². The van der Waals surface area contributed by atoms with E-state index < -0.39 is 0 Å². The van der Waals surface area contributed by atoms with Gasteiger partial charge < -0.3 is 10.2 Å². The Balaban J connectivity index is 1.93. The minimum absolute atomic E-state index is 0.487. The summed E-state index contributed by atoms with van der Waals surface area (Å²) < 4.78 is 0. The van der Waals surface area contributed by atoms with E-state index in [0.717, 1.165) is 5.92 Å². The topological polar surface area (TPSA) is 18.5 Å². The van der Waals surface area contributed by atoms with E-state index in [9.17, 15) is 0 Å². The zero-order valence-electron chi connectivity index (χ0n) is 13.4. The Kier molecular flexibility index (Phi) is 5.44. The molecule has 0 spiro atoms. The van der Waals surface area contributed by atoms with Gasteiger partial charge in [0.2, 0.25) is 0 Å². The molecule has 0 radical (unpaired) electrons. The highest BCUT2D eigenvalue weighted by molar-refractivity contribution is 5.46. The Morgan fingerprint density at radius 2 is 1.70 bits per heavy atom. The van der Waals surface area contributed by atoms with Crippen molar-refractivity contribution in [3.8, 4) is 0 Å². The van der Waals surface area contributed by atoms with Gasteiger partial charge in [0.25, 0.3) is 0 Å². The van der Waals surface area contributed by atoms with E-state index in [1.165, 1.54) is 43.7 Å². The number of hydrogen-bond acceptors (Lipinski definition) is 3. The van der Waals surface area contributed by atoms with Crippen LogP contribution >= 0.6 is 0 Å². The average Bonchev–Trinajstić information content (AvgIpc) is 2.47. The summed E-state index contributed by atoms with van der Waals surface area (Å²) in [7, 11) is 6.43. The molecule has 1 fully saturated rings. The molecule has 2 rings (SSSR count). The second-order valence-electron chi connectivity index (χ2n) is 6.29. The standard InChI is InChI=1S/C17H29N3/c1-14(16-5-7-17(8-6-16)19(2)3)20(4)13-15-9-11-18-12-10-15/h5-8,14-15,18H,9-13H2,1-4H3. The Labute approximate surface area is 124 Å². The summed E-state index contributed by atoms with van der Waals surface area (Å²) in [5.74, 6) is 0.852. The summed E-state index contributed by atoms with van der Waals surface area (Å²) in [6, 6.07) is 9.44. The minimum atomic E-state index is 0.487. The normalized spacial score (nSPS) is 18.2. The third kappa shape index (κ3) is 3.97. The molecule has 1 aliphatic rings. The molecule has 1 N–H and O–H groups in total. The van der Waals surface area contributed by atoms with Gasteiger partial charge in [-0.3, -0.25) is 4.90 Å². The summed E-state index contributed by atoms with van der Waals surface area (Å²) in [5, 5.41) is 3.44. The highest BCUT2D eigenvalue weighted by atomic mass is 15.1. The monoisotopic (exact) mass is 275 g/mol. The van der Waals surface area contributed by atoms with E-state index in [1.54, 1.807) is 0 Å². The molecule has 1 heterocycles. The van der Waals surface area contributed by atoms with Gasteiger partial charge in [0.1, 0.15) is 0 Å². The van der Waals surface area contributed by atoms with E-state index in [1.807, 2.05) is 0 Å². The maximum Gasteiger partial charge on any atom is 0.0361 e. The molecule has 1 unspecified atom stereocenters. The fourth-order valence-electron chi connectivity index (χ4n) is 2.94. The molecule has 0 amide bonds. The molecule has 0 bridgehead atoms. The quantitative estimate of drug-likeness (QED) is 0.891. The molecule has 1 saturated heterocycles. The van der Waals surface area contributed by atoms with Crippen molar-refractivity contribution in [3.05, 3.63) is 29.8 Å². The molecule has 0 saturated carbocycles. The minimum Gasteiger partial charge on any atom is -0.378 e. The van der Waals surface area contributed by atoms with Crippen molar-refractivity contribution in [2.75, 3.05) is 45.7 Å². The second-order valence-corrected chi connectivity index (χ2v) is 6.29. The van der Waals surface area contributed by atoms with Gasteiger partial charge in [0, 0.05) is 32.4 Å². The van der Waals surface area contributed by atoms with E-state index in [0.29, 0.717) is 6.04 Å². The van der Waals surface area contributed by atoms with Crippen LogP contribution in [-0.4, -0.2) is 45.7 Å². The number of rotatable bonds is 5. The molecule has 0 aliphatic carbocycles. The summed E-state index contributed by atoms with van der Waals surface area (Å²) in [6.07, 6.45) is 2.63. The van der Waals surface area contributed by atoms with Crippen molar-refractivity contribution in [2.24, 2.45) is 5.92 Å². The van der Waals surface area contributed by atoms with E-state index >= 15 is 0 Å². The van der Waals surface area contributed by atoms with Crippen LogP contribution in [0.3, 0.4) is 0 Å². The third-order valence-electron chi connectivity index (χ3n) is 4.56. The highest BCUT2D eigenvalue weighted by Crippen LogP contribution is 2.24. The highest BCUT2D eigenvalue weighted by Gasteiger charge is 2.18. The molecule has 0 aromatic heterocycles. The molecular weight excluding hydrogens is 246 g/mol. The first-order chi connectivity index (χ1) is 9.58. The number of benzene rings is 1. The Morgan fingerprint density at radius 3 is 2.25 bits per heavy atom. The van der Waals surface area contributed by atoms with Gasteiger partial charge >= 0.3 is 0 Å². The zero-order valence-corrected chi connectivity index (χ0v) is 13.4. The maximum atomic E-state index is 3.44. The van der Waals surface area contributed by atoms with Gasteiger partial charge in [-0.1, -0.05) is 12.1 Å². The van der Waals surface area contributed by atoms with E-state index in [4.69, 9.17) is 0 Å². The Hall–Kier alpha value is -1.06. The fraction of sp³-hybridized carbons (Fsp3) is 0.647. The van der Waals surface area contributed by atoms with Crippen molar-refractivity contribution in [3.63, 3.8) is 0 Å². The van der Waals surface area contributed by atoms with Crippen LogP contribution in [-0.2, 0) is 0 Å². The Morgan fingerprint density at radius 1 is 1.10 bits per heavy atom. The molecular formula is C17H29N3. The van der Waals surface area contributed by atoms with Gasteiger partial charge in [-0.15, -0.1) is 0 Å². The van der Waals surface area contributed by atoms with Gasteiger partial charge in [-0.2, -0.15) is 0 Å². The van der Waals surface area contributed by atoms with Crippen LogP contribution < -0.4 is 10.2 Å². The van der Waals surface area contributed by atoms with Gasteiger partial charge in [-0.05, 0) is 63.5 Å². The van der Waals surface area contributed by atoms with E-state index in [2.05, 4.69) is 67.4 Å². The predicted molar refractivity (Wildman–Crippen MR) is 87.4 cm³/mol. The molecule has 3 heteroatoms. The lowest BCUT2D eigenvalue weighted by molar-refractivity contribution is 0.197. The lowest BCUT2D eigenvalue weighted by Gasteiger charge is -2.31. The van der Waals surface area contributed by atoms with Crippen molar-refractivity contribution < 1.29 is 0 Å². The molecule has 1 aromatic rings. The smallest absolute Gasteiger partial charge is 0.0361 e. The Bertz CT molecular complexity index is 393. The van der Waals surface area contributed by atoms with Gasteiger partial charge in [-0.25, -0.2) is 0 Å². The van der Waals surface area contributed by atoms with Crippen molar-refractivity contribution in [1.29, 1.82) is 0 Å². The first-order valence-corrected chi connectivity index (χ1v) is 7.76. The van der Waals surface area contributed by atoms with Crippen LogP contribution in [0.4, 0.5) is 5.69 Å². The fourth-order valence-corrected chi connectivity index (χ4v) is 2.94. The molecule has 1 atom stereocenters. The zero-order chi connectivity index (χ0) is 14.5. The largest absolute Gasteiger partial charge is 0.378 e. The number of anilines is 1. The number of hydrogen-bond donors (Lipinski definition) is 1. The van der Waals surface area contributed by atoms with Gasteiger partial charge in [0.05, 0.1) is 0 Å². The van der Waals surface area contributed by atoms with Crippen LogP contribution in [0, 0.1) is 5.92 Å². The first-order valence-electron chi connectivity index (χ1n) is 7.76. The van der Waals surface area contributed by atoms with E-state index in [-0.39, 0.29) is 0 Å². The van der Waals surface area contributed by atoms with Crippen molar-refractivity contribution in [2.45, 2.75) is 25.8 Å². The predicted octanol–water partition coefficient (Wildman–Crippen LogP) is 2.75. The van der Waals surface area contributed by atoms with Crippen LogP contribution in [0.1, 0.15) is 31.4 Å². The SMILES string of the molecule is CC(c1ccc(N(C)C)cc1)N(C)CC1CCNCC1. The average molecular weight is 275 g/mol. The number of nitrogens with one attached hydrogen (secondary N) is 1. The summed E-state index contributed by atoms with van der Waals surface area (Å²) in [4.78, 5) is 4.65. The number of piperidine rings is 1. The van der Waals surface area contributed by atoms with Crippen LogP contribution in [0.25, 0.3) is 0 Å². The molecule has 112 valence electrons. The molecule has 3 nitrogen and oxygen atoms in total. The number of nitrogens with zero attached hydrogens (tertiary/aromatic N) is 2.